The van der Waals surface area contributed by atoms with Crippen LogP contribution < -0.4 is 10.7 Å². The van der Waals surface area contributed by atoms with Crippen LogP contribution >= 0.6 is 0 Å². The molecule has 0 aliphatic carbocycles. The molecule has 1 amide bonds. The van der Waals surface area contributed by atoms with Crippen molar-refractivity contribution < 1.29 is 9.59 Å². The van der Waals surface area contributed by atoms with Crippen LogP contribution in [-0.4, -0.2) is 18.7 Å². The smallest absolute Gasteiger partial charge is 0.251 e. The van der Waals surface area contributed by atoms with Gasteiger partial charge in [-0.05, 0) is 19.8 Å². The Balaban J connectivity index is 4.49. The van der Waals surface area contributed by atoms with Crippen LogP contribution in [0.2, 0.25) is 0 Å². The summed E-state index contributed by atoms with van der Waals surface area (Å²) < 4.78 is 0. The Morgan fingerprint density at radius 3 is 2.35 bits per heavy atom. The molecule has 0 bridgehead atoms. The molecular formula is C11H19N3O3. The number of nitrogens with zero attached hydrogens (tertiary/aromatic N) is 1. The molecule has 2 unspecified atom stereocenters. The van der Waals surface area contributed by atoms with Gasteiger partial charge in [0.05, 0.1) is 11.2 Å². The molecule has 2 atom stereocenters. The quantitative estimate of drug-likeness (QED) is 0.492. The molecule has 0 spiro atoms. The van der Waals surface area contributed by atoms with E-state index in [9.17, 15) is 14.5 Å². The summed E-state index contributed by atoms with van der Waals surface area (Å²) in [6.07, 6.45) is 1.01. The fraction of sp³-hybridized carbons (Fsp3) is 0.636. The minimum absolute atomic E-state index is 0.0766. The average Bonchev–Trinajstić information content (AvgIpc) is 2.28. The van der Waals surface area contributed by atoms with E-state index in [1.54, 1.807) is 14.0 Å². The summed E-state index contributed by atoms with van der Waals surface area (Å²) in [5, 5.41) is 5.12. The molecule has 0 radical (unpaired) electrons. The third-order valence-electron chi connectivity index (χ3n) is 2.80. The standard InChI is InChI=1S/C11H19N3O3/c1-7(9(3)15)5-6-10(8(2)12-4)11(16)13-14-17/h7,10,12H,2,5-6H2,1,3-4H3,(H,13,16,17). The molecule has 96 valence electrons. The van der Waals surface area contributed by atoms with E-state index in [-0.39, 0.29) is 11.7 Å². The first kappa shape index (κ1) is 15.3. The van der Waals surface area contributed by atoms with E-state index in [0.29, 0.717) is 18.5 Å². The third-order valence-corrected chi connectivity index (χ3v) is 2.80. The van der Waals surface area contributed by atoms with Crippen LogP contribution in [-0.2, 0) is 9.59 Å². The first-order valence-corrected chi connectivity index (χ1v) is 5.43. The SMILES string of the molecule is C=C(NC)C(CCC(C)C(C)=O)C(=O)NN=O. The normalized spacial score (nSPS) is 13.4. The Labute approximate surface area is 101 Å². The van der Waals surface area contributed by atoms with Crippen LogP contribution in [0.3, 0.4) is 0 Å². The molecule has 0 aliphatic heterocycles. The summed E-state index contributed by atoms with van der Waals surface area (Å²) in [7, 11) is 1.64. The molecule has 0 saturated carbocycles. The minimum Gasteiger partial charge on any atom is -0.391 e. The number of rotatable bonds is 8. The molecular weight excluding hydrogens is 222 g/mol. The van der Waals surface area contributed by atoms with Gasteiger partial charge in [0.15, 0.2) is 0 Å². The van der Waals surface area contributed by atoms with E-state index in [0.717, 1.165) is 0 Å². The van der Waals surface area contributed by atoms with E-state index in [2.05, 4.69) is 17.2 Å². The van der Waals surface area contributed by atoms with Crippen LogP contribution in [0.25, 0.3) is 0 Å². The van der Waals surface area contributed by atoms with Crippen molar-refractivity contribution in [3.63, 3.8) is 0 Å². The summed E-state index contributed by atoms with van der Waals surface area (Å²) in [4.78, 5) is 32.6. The molecule has 0 aromatic carbocycles. The second-order valence-electron chi connectivity index (χ2n) is 3.98. The highest BCUT2D eigenvalue weighted by atomic mass is 16.3. The molecule has 17 heavy (non-hydrogen) atoms. The zero-order chi connectivity index (χ0) is 13.4. The number of ketones is 1. The van der Waals surface area contributed by atoms with Gasteiger partial charge in [-0.3, -0.25) is 9.59 Å². The predicted molar refractivity (Wildman–Crippen MR) is 64.7 cm³/mol. The van der Waals surface area contributed by atoms with E-state index >= 15 is 0 Å². The molecule has 0 aromatic rings. The fourth-order valence-electron chi connectivity index (χ4n) is 1.38. The van der Waals surface area contributed by atoms with Crippen LogP contribution in [0.1, 0.15) is 26.7 Å². The van der Waals surface area contributed by atoms with Crippen molar-refractivity contribution in [2.75, 3.05) is 7.05 Å². The van der Waals surface area contributed by atoms with Gasteiger partial charge in [-0.15, -0.1) is 4.91 Å². The highest BCUT2D eigenvalue weighted by molar-refractivity contribution is 5.81. The fourth-order valence-corrected chi connectivity index (χ4v) is 1.38. The van der Waals surface area contributed by atoms with Crippen LogP contribution in [0.15, 0.2) is 17.6 Å². The van der Waals surface area contributed by atoms with Crippen LogP contribution in [0.4, 0.5) is 0 Å². The van der Waals surface area contributed by atoms with Crippen molar-refractivity contribution in [2.45, 2.75) is 26.7 Å². The van der Waals surface area contributed by atoms with Gasteiger partial charge >= 0.3 is 0 Å². The van der Waals surface area contributed by atoms with Crippen molar-refractivity contribution in [1.82, 2.24) is 10.7 Å². The lowest BCUT2D eigenvalue weighted by molar-refractivity contribution is -0.125. The van der Waals surface area contributed by atoms with Crippen LogP contribution in [0, 0.1) is 16.7 Å². The van der Waals surface area contributed by atoms with Gasteiger partial charge in [0.25, 0.3) is 5.91 Å². The number of carbonyl (C=O) groups is 2. The van der Waals surface area contributed by atoms with Gasteiger partial charge < -0.3 is 5.32 Å². The predicted octanol–water partition coefficient (Wildman–Crippen LogP) is 1.14. The van der Waals surface area contributed by atoms with Gasteiger partial charge in [-0.25, -0.2) is 5.43 Å². The average molecular weight is 241 g/mol. The summed E-state index contributed by atoms with van der Waals surface area (Å²) in [6, 6.07) is 0. The van der Waals surface area contributed by atoms with Gasteiger partial charge in [0.2, 0.25) is 0 Å². The van der Waals surface area contributed by atoms with E-state index in [1.165, 1.54) is 6.92 Å². The monoisotopic (exact) mass is 241 g/mol. The molecule has 0 fully saturated rings. The number of nitroso groups, excluding NO2 is 1. The number of hydrogen-bond acceptors (Lipinski definition) is 5. The van der Waals surface area contributed by atoms with Crippen molar-refractivity contribution in [2.24, 2.45) is 17.1 Å². The molecule has 6 heteroatoms. The van der Waals surface area contributed by atoms with E-state index < -0.39 is 11.8 Å². The van der Waals surface area contributed by atoms with Gasteiger partial charge in [-0.1, -0.05) is 13.5 Å². The van der Waals surface area contributed by atoms with Crippen molar-refractivity contribution in [1.29, 1.82) is 0 Å². The third kappa shape index (κ3) is 5.24. The molecule has 0 aromatic heterocycles. The van der Waals surface area contributed by atoms with E-state index in [1.807, 2.05) is 5.43 Å². The molecule has 0 heterocycles. The summed E-state index contributed by atoms with van der Waals surface area (Å²) in [5.41, 5.74) is 2.36. The maximum Gasteiger partial charge on any atom is 0.251 e. The molecule has 2 N–H and O–H groups in total. The molecule has 6 nitrogen and oxygen atoms in total. The maximum absolute atomic E-state index is 11.5. The molecule has 0 saturated heterocycles. The number of hydrogen-bond donors (Lipinski definition) is 2. The second-order valence-corrected chi connectivity index (χ2v) is 3.98. The van der Waals surface area contributed by atoms with Gasteiger partial charge in [0.1, 0.15) is 5.78 Å². The largest absolute Gasteiger partial charge is 0.391 e. The Morgan fingerprint density at radius 2 is 1.94 bits per heavy atom. The minimum atomic E-state index is -0.556. The van der Waals surface area contributed by atoms with Crippen molar-refractivity contribution in [3.8, 4) is 0 Å². The van der Waals surface area contributed by atoms with Gasteiger partial charge in [-0.2, -0.15) is 0 Å². The summed E-state index contributed by atoms with van der Waals surface area (Å²) in [6.45, 7) is 7.02. The first-order valence-electron chi connectivity index (χ1n) is 5.43. The van der Waals surface area contributed by atoms with Crippen LogP contribution in [0.5, 0.6) is 0 Å². The Morgan fingerprint density at radius 1 is 1.35 bits per heavy atom. The van der Waals surface area contributed by atoms with Crippen molar-refractivity contribution >= 4 is 11.7 Å². The number of amides is 1. The summed E-state index contributed by atoms with van der Waals surface area (Å²) in [5.74, 6) is -1.10. The highest BCUT2D eigenvalue weighted by Crippen LogP contribution is 2.18. The maximum atomic E-state index is 11.5. The second kappa shape index (κ2) is 7.54. The Hall–Kier alpha value is -1.72. The molecule has 0 aliphatic rings. The number of carbonyl (C=O) groups excluding carboxylic acids is 2. The lowest BCUT2D eigenvalue weighted by atomic mass is 9.92. The number of nitrogens with one attached hydrogen (secondary N) is 2. The van der Waals surface area contributed by atoms with E-state index in [4.69, 9.17) is 0 Å². The number of Topliss-reactive ketones (excluding diaryl/α,β-unsaturated/α-hetero) is 1. The van der Waals surface area contributed by atoms with Gasteiger partial charge in [0, 0.05) is 18.7 Å². The van der Waals surface area contributed by atoms with Crippen molar-refractivity contribution in [3.05, 3.63) is 17.2 Å². The Bertz CT molecular complexity index is 315. The topological polar surface area (TPSA) is 87.6 Å². The first-order chi connectivity index (χ1) is 7.93. The zero-order valence-electron chi connectivity index (χ0n) is 10.4. The highest BCUT2D eigenvalue weighted by Gasteiger charge is 2.22. The lowest BCUT2D eigenvalue weighted by Crippen LogP contribution is -2.31. The Kier molecular flexibility index (Phi) is 6.77. The lowest BCUT2D eigenvalue weighted by Gasteiger charge is -2.18. The summed E-state index contributed by atoms with van der Waals surface area (Å²) >= 11 is 0. The molecule has 0 rings (SSSR count). The zero-order valence-corrected chi connectivity index (χ0v) is 10.4.